The van der Waals surface area contributed by atoms with Crippen LogP contribution in [0.15, 0.2) is 41.3 Å². The number of halogens is 3. The van der Waals surface area contributed by atoms with Crippen molar-refractivity contribution in [2.45, 2.75) is 18.7 Å². The maximum Gasteiger partial charge on any atom is 0.262 e. The zero-order valence-electron chi connectivity index (χ0n) is 15.1. The van der Waals surface area contributed by atoms with Crippen molar-refractivity contribution in [3.8, 4) is 5.75 Å². The van der Waals surface area contributed by atoms with E-state index in [0.29, 0.717) is 6.07 Å². The van der Waals surface area contributed by atoms with Gasteiger partial charge >= 0.3 is 0 Å². The first-order valence-electron chi connectivity index (χ1n) is 8.25. The molecule has 0 heterocycles. The van der Waals surface area contributed by atoms with Crippen LogP contribution in [0.25, 0.3) is 0 Å². The van der Waals surface area contributed by atoms with Gasteiger partial charge in [0, 0.05) is 12.6 Å². The van der Waals surface area contributed by atoms with Gasteiger partial charge in [0.1, 0.15) is 17.4 Å². The summed E-state index contributed by atoms with van der Waals surface area (Å²) in [5.74, 6) is -2.17. The minimum absolute atomic E-state index is 0.00631. The summed E-state index contributed by atoms with van der Waals surface area (Å²) in [6.07, 6.45) is 0. The van der Waals surface area contributed by atoms with Crippen molar-refractivity contribution >= 4 is 33.2 Å². The third-order valence-electron chi connectivity index (χ3n) is 3.46. The molecule has 0 saturated heterocycles. The van der Waals surface area contributed by atoms with E-state index in [1.807, 2.05) is 13.8 Å². The number of carbonyl (C=O) groups excluding carboxylic acids is 1. The Balaban J connectivity index is 2.00. The molecule has 152 valence electrons. The standard InChI is InChI=1S/C18H19ClF2N2O4S/c1-11(2)9-22-28(25,26)13-4-6-17(14(19)8-13)27-10-18(24)23-16-5-3-12(20)7-15(16)21/h3-8,11,22H,9-10H2,1-2H3,(H,23,24). The van der Waals surface area contributed by atoms with Crippen LogP contribution in [0.2, 0.25) is 5.02 Å². The number of amides is 1. The molecule has 28 heavy (non-hydrogen) atoms. The SMILES string of the molecule is CC(C)CNS(=O)(=O)c1ccc(OCC(=O)Nc2ccc(F)cc2F)c(Cl)c1. The molecule has 6 nitrogen and oxygen atoms in total. The Bertz CT molecular complexity index is 968. The quantitative estimate of drug-likeness (QED) is 0.667. The van der Waals surface area contributed by atoms with Crippen LogP contribution in [0.1, 0.15) is 13.8 Å². The summed E-state index contributed by atoms with van der Waals surface area (Å²) in [6, 6.07) is 6.54. The van der Waals surface area contributed by atoms with Crippen LogP contribution in [0.5, 0.6) is 5.75 Å². The van der Waals surface area contributed by atoms with Crippen LogP contribution < -0.4 is 14.8 Å². The Labute approximate surface area is 166 Å². The molecule has 1 amide bonds. The number of benzene rings is 2. The second kappa shape index (κ2) is 9.31. The third-order valence-corrected chi connectivity index (χ3v) is 5.18. The largest absolute Gasteiger partial charge is 0.482 e. The number of carbonyl (C=O) groups is 1. The monoisotopic (exact) mass is 432 g/mol. The molecule has 10 heteroatoms. The van der Waals surface area contributed by atoms with Gasteiger partial charge in [-0.3, -0.25) is 4.79 Å². The summed E-state index contributed by atoms with van der Waals surface area (Å²) in [5.41, 5.74) is -0.196. The van der Waals surface area contributed by atoms with Crippen molar-refractivity contribution in [3.05, 3.63) is 53.1 Å². The first-order chi connectivity index (χ1) is 13.1. The average molecular weight is 433 g/mol. The molecule has 0 spiro atoms. The van der Waals surface area contributed by atoms with E-state index in [4.69, 9.17) is 16.3 Å². The van der Waals surface area contributed by atoms with E-state index in [1.54, 1.807) is 0 Å². The zero-order chi connectivity index (χ0) is 20.9. The molecule has 0 unspecified atom stereocenters. The Kier molecular flexibility index (Phi) is 7.34. The highest BCUT2D eigenvalue weighted by atomic mass is 35.5. The van der Waals surface area contributed by atoms with Gasteiger partial charge in [-0.15, -0.1) is 0 Å². The Hall–Kier alpha value is -2.23. The third kappa shape index (κ3) is 6.15. The second-order valence-electron chi connectivity index (χ2n) is 6.30. The topological polar surface area (TPSA) is 84.5 Å². The van der Waals surface area contributed by atoms with Crippen molar-refractivity contribution in [2.24, 2.45) is 5.92 Å². The number of anilines is 1. The lowest BCUT2D eigenvalue weighted by Gasteiger charge is -2.12. The first-order valence-corrected chi connectivity index (χ1v) is 10.1. The Morgan fingerprint density at radius 3 is 2.50 bits per heavy atom. The number of ether oxygens (including phenoxy) is 1. The molecule has 2 rings (SSSR count). The second-order valence-corrected chi connectivity index (χ2v) is 8.47. The van der Waals surface area contributed by atoms with Gasteiger partial charge in [0.15, 0.2) is 6.61 Å². The summed E-state index contributed by atoms with van der Waals surface area (Å²) in [6.45, 7) is 3.51. The summed E-state index contributed by atoms with van der Waals surface area (Å²) in [4.78, 5) is 11.8. The van der Waals surface area contributed by atoms with Crippen LogP contribution in [0, 0.1) is 17.6 Å². The lowest BCUT2D eigenvalue weighted by molar-refractivity contribution is -0.118. The normalized spacial score (nSPS) is 11.5. The fourth-order valence-corrected chi connectivity index (χ4v) is 3.59. The minimum Gasteiger partial charge on any atom is -0.482 e. The van der Waals surface area contributed by atoms with E-state index in [0.717, 1.165) is 12.1 Å². The van der Waals surface area contributed by atoms with Crippen LogP contribution in [-0.2, 0) is 14.8 Å². The van der Waals surface area contributed by atoms with Crippen molar-refractivity contribution in [3.63, 3.8) is 0 Å². The number of rotatable bonds is 8. The van der Waals surface area contributed by atoms with Crippen molar-refractivity contribution in [2.75, 3.05) is 18.5 Å². The van der Waals surface area contributed by atoms with Crippen molar-refractivity contribution < 1.29 is 26.7 Å². The average Bonchev–Trinajstić information content (AvgIpc) is 2.61. The maximum absolute atomic E-state index is 13.5. The summed E-state index contributed by atoms with van der Waals surface area (Å²) >= 11 is 6.03. The highest BCUT2D eigenvalue weighted by molar-refractivity contribution is 7.89. The van der Waals surface area contributed by atoms with Crippen LogP contribution in [0.3, 0.4) is 0 Å². The molecule has 2 N–H and O–H groups in total. The highest BCUT2D eigenvalue weighted by Gasteiger charge is 2.17. The molecule has 2 aromatic rings. The number of nitrogens with one attached hydrogen (secondary N) is 2. The first kappa shape index (κ1) is 22.1. The fraction of sp³-hybridized carbons (Fsp3) is 0.278. The fourth-order valence-electron chi connectivity index (χ4n) is 2.05. The van der Waals surface area contributed by atoms with Gasteiger partial charge in [-0.2, -0.15) is 0 Å². The number of sulfonamides is 1. The smallest absolute Gasteiger partial charge is 0.262 e. The van der Waals surface area contributed by atoms with E-state index in [-0.39, 0.29) is 33.8 Å². The van der Waals surface area contributed by atoms with E-state index < -0.39 is 34.2 Å². The number of hydrogen-bond donors (Lipinski definition) is 2. The molecule has 0 aliphatic heterocycles. The summed E-state index contributed by atoms with van der Waals surface area (Å²) in [7, 11) is -3.72. The summed E-state index contributed by atoms with van der Waals surface area (Å²) < 4.78 is 58.5. The lowest BCUT2D eigenvalue weighted by Crippen LogP contribution is -2.27. The van der Waals surface area contributed by atoms with Crippen molar-refractivity contribution in [1.82, 2.24) is 4.72 Å². The molecule has 0 bridgehead atoms. The molecule has 0 radical (unpaired) electrons. The molecule has 0 aromatic heterocycles. The lowest BCUT2D eigenvalue weighted by atomic mass is 10.2. The predicted molar refractivity (Wildman–Crippen MR) is 102 cm³/mol. The van der Waals surface area contributed by atoms with Gasteiger partial charge < -0.3 is 10.1 Å². The molecular formula is C18H19ClF2N2O4S. The van der Waals surface area contributed by atoms with Gasteiger partial charge in [-0.05, 0) is 36.2 Å². The Morgan fingerprint density at radius 2 is 1.89 bits per heavy atom. The molecular weight excluding hydrogens is 414 g/mol. The Morgan fingerprint density at radius 1 is 1.18 bits per heavy atom. The van der Waals surface area contributed by atoms with Gasteiger partial charge in [0.25, 0.3) is 5.91 Å². The molecule has 0 fully saturated rings. The highest BCUT2D eigenvalue weighted by Crippen LogP contribution is 2.27. The molecule has 0 aliphatic carbocycles. The van der Waals surface area contributed by atoms with Gasteiger partial charge in [0.2, 0.25) is 10.0 Å². The molecule has 0 atom stereocenters. The predicted octanol–water partition coefficient (Wildman–Crippen LogP) is 3.57. The van der Waals surface area contributed by atoms with E-state index >= 15 is 0 Å². The number of hydrogen-bond acceptors (Lipinski definition) is 4. The van der Waals surface area contributed by atoms with Crippen LogP contribution >= 0.6 is 11.6 Å². The minimum atomic E-state index is -3.72. The molecule has 2 aromatic carbocycles. The zero-order valence-corrected chi connectivity index (χ0v) is 16.7. The van der Waals surface area contributed by atoms with E-state index in [2.05, 4.69) is 10.0 Å². The van der Waals surface area contributed by atoms with Gasteiger partial charge in [-0.1, -0.05) is 25.4 Å². The van der Waals surface area contributed by atoms with Crippen LogP contribution in [0.4, 0.5) is 14.5 Å². The van der Waals surface area contributed by atoms with E-state index in [1.165, 1.54) is 18.2 Å². The van der Waals surface area contributed by atoms with Gasteiger partial charge in [0.05, 0.1) is 15.6 Å². The maximum atomic E-state index is 13.5. The van der Waals surface area contributed by atoms with E-state index in [9.17, 15) is 22.0 Å². The van der Waals surface area contributed by atoms with Crippen LogP contribution in [-0.4, -0.2) is 27.5 Å². The van der Waals surface area contributed by atoms with Gasteiger partial charge in [-0.25, -0.2) is 21.9 Å². The molecule has 0 aliphatic rings. The summed E-state index contributed by atoms with van der Waals surface area (Å²) in [5, 5.41) is 2.23. The molecule has 0 saturated carbocycles. The van der Waals surface area contributed by atoms with Crippen molar-refractivity contribution in [1.29, 1.82) is 0 Å².